The first-order valence-corrected chi connectivity index (χ1v) is 9.33. The molecule has 0 spiro atoms. The van der Waals surface area contributed by atoms with E-state index < -0.39 is 17.7 Å². The molecule has 1 amide bonds. The van der Waals surface area contributed by atoms with E-state index >= 15 is 0 Å². The van der Waals surface area contributed by atoms with Crippen LogP contribution >= 0.6 is 0 Å². The van der Waals surface area contributed by atoms with E-state index in [9.17, 15) is 14.7 Å². The van der Waals surface area contributed by atoms with Crippen molar-refractivity contribution >= 4 is 23.1 Å². The fourth-order valence-corrected chi connectivity index (χ4v) is 3.69. The second-order valence-corrected chi connectivity index (χ2v) is 7.03. The molecular weight excluding hydrogens is 364 g/mol. The van der Waals surface area contributed by atoms with E-state index in [-0.39, 0.29) is 11.3 Å². The Morgan fingerprint density at radius 2 is 1.62 bits per heavy atom. The van der Waals surface area contributed by atoms with Gasteiger partial charge < -0.3 is 5.11 Å². The van der Waals surface area contributed by atoms with Gasteiger partial charge in [-0.2, -0.15) is 0 Å². The van der Waals surface area contributed by atoms with Crippen LogP contribution in [0.3, 0.4) is 0 Å². The molecule has 1 fully saturated rings. The number of nitrogens with zero attached hydrogens (tertiary/aromatic N) is 2. The van der Waals surface area contributed by atoms with Gasteiger partial charge in [-0.15, -0.1) is 0 Å². The zero-order valence-electron chi connectivity index (χ0n) is 16.2. The second kappa shape index (κ2) is 7.36. The number of benzene rings is 2. The van der Waals surface area contributed by atoms with Crippen molar-refractivity contribution in [1.82, 2.24) is 4.98 Å². The third-order valence-corrected chi connectivity index (χ3v) is 5.35. The van der Waals surface area contributed by atoms with E-state index in [0.717, 1.165) is 11.1 Å². The van der Waals surface area contributed by atoms with E-state index in [0.29, 0.717) is 16.8 Å². The van der Waals surface area contributed by atoms with Gasteiger partial charge in [0.2, 0.25) is 0 Å². The number of Topliss-reactive ketones (excluding diaryl/α,β-unsaturated/α-hetero) is 1. The number of pyridine rings is 1. The fraction of sp³-hybridized carbons (Fsp3) is 0.125. The predicted octanol–water partition coefficient (Wildman–Crippen LogP) is 4.32. The van der Waals surface area contributed by atoms with Crippen molar-refractivity contribution in [3.8, 4) is 0 Å². The standard InChI is InChI=1S/C24H20N2O3/c1-15-7-6-10-19(16(15)2)26-21(17-11-13-25-14-12-17)20(23(28)24(26)29)22(27)18-8-4-3-5-9-18/h3-14,21,27H,1-2H3/b22-20+. The van der Waals surface area contributed by atoms with Gasteiger partial charge in [0.25, 0.3) is 11.7 Å². The molecule has 1 atom stereocenters. The Bertz CT molecular complexity index is 1120. The van der Waals surface area contributed by atoms with E-state index in [1.54, 1.807) is 48.8 Å². The number of carbonyl (C=O) groups excluding carboxylic acids is 2. The van der Waals surface area contributed by atoms with Gasteiger partial charge >= 0.3 is 0 Å². The van der Waals surface area contributed by atoms with E-state index in [1.165, 1.54) is 4.90 Å². The minimum Gasteiger partial charge on any atom is -0.507 e. The van der Waals surface area contributed by atoms with Crippen LogP contribution in [-0.4, -0.2) is 21.8 Å². The fourth-order valence-electron chi connectivity index (χ4n) is 3.69. The summed E-state index contributed by atoms with van der Waals surface area (Å²) in [6.45, 7) is 3.88. The topological polar surface area (TPSA) is 70.5 Å². The number of aliphatic hydroxyl groups is 1. The number of aryl methyl sites for hydroxylation is 1. The molecule has 0 saturated carbocycles. The van der Waals surface area contributed by atoms with Crippen LogP contribution in [-0.2, 0) is 9.59 Å². The van der Waals surface area contributed by atoms with Crippen LogP contribution in [0.4, 0.5) is 5.69 Å². The summed E-state index contributed by atoms with van der Waals surface area (Å²) in [5.74, 6) is -1.54. The van der Waals surface area contributed by atoms with Gasteiger partial charge in [0, 0.05) is 23.6 Å². The molecule has 29 heavy (non-hydrogen) atoms. The molecule has 3 aromatic rings. The number of amides is 1. The number of rotatable bonds is 3. The van der Waals surface area contributed by atoms with Crippen molar-refractivity contribution in [2.45, 2.75) is 19.9 Å². The third kappa shape index (κ3) is 3.10. The highest BCUT2D eigenvalue weighted by atomic mass is 16.3. The maximum atomic E-state index is 13.1. The summed E-state index contributed by atoms with van der Waals surface area (Å²) < 4.78 is 0. The van der Waals surface area contributed by atoms with Crippen molar-refractivity contribution in [3.63, 3.8) is 0 Å². The molecule has 1 N–H and O–H groups in total. The van der Waals surface area contributed by atoms with Crippen LogP contribution < -0.4 is 4.90 Å². The maximum absolute atomic E-state index is 13.1. The quantitative estimate of drug-likeness (QED) is 0.415. The summed E-state index contributed by atoms with van der Waals surface area (Å²) in [4.78, 5) is 31.7. The van der Waals surface area contributed by atoms with Gasteiger partial charge in [-0.1, -0.05) is 42.5 Å². The van der Waals surface area contributed by atoms with Gasteiger partial charge in [-0.05, 0) is 48.7 Å². The summed E-state index contributed by atoms with van der Waals surface area (Å²) in [6.07, 6.45) is 3.22. The summed E-state index contributed by atoms with van der Waals surface area (Å²) >= 11 is 0. The smallest absolute Gasteiger partial charge is 0.300 e. The zero-order chi connectivity index (χ0) is 20.5. The second-order valence-electron chi connectivity index (χ2n) is 7.03. The molecule has 1 unspecified atom stereocenters. The van der Waals surface area contributed by atoms with Crippen molar-refractivity contribution in [2.24, 2.45) is 0 Å². The number of hydrogen-bond donors (Lipinski definition) is 1. The van der Waals surface area contributed by atoms with Crippen molar-refractivity contribution in [1.29, 1.82) is 0 Å². The largest absolute Gasteiger partial charge is 0.507 e. The Balaban J connectivity index is 1.98. The van der Waals surface area contributed by atoms with Crippen LogP contribution in [0.5, 0.6) is 0 Å². The average Bonchev–Trinajstić information content (AvgIpc) is 3.01. The van der Waals surface area contributed by atoms with E-state index in [2.05, 4.69) is 4.98 Å². The number of aromatic nitrogens is 1. The Kier molecular flexibility index (Phi) is 4.72. The van der Waals surface area contributed by atoms with Crippen molar-refractivity contribution < 1.29 is 14.7 Å². The molecule has 1 saturated heterocycles. The van der Waals surface area contributed by atoms with Crippen LogP contribution in [0.2, 0.25) is 0 Å². The minimum atomic E-state index is -0.737. The molecule has 4 rings (SSSR count). The SMILES string of the molecule is Cc1cccc(N2C(=O)C(=O)/C(=C(/O)c3ccccc3)C2c2ccncc2)c1C. The minimum absolute atomic E-state index is 0.0771. The summed E-state index contributed by atoms with van der Waals surface area (Å²) in [5.41, 5.74) is 3.85. The Hall–Kier alpha value is -3.73. The first kappa shape index (κ1) is 18.6. The van der Waals surface area contributed by atoms with Gasteiger partial charge in [-0.25, -0.2) is 0 Å². The molecule has 0 radical (unpaired) electrons. The van der Waals surface area contributed by atoms with Gasteiger partial charge in [0.05, 0.1) is 11.6 Å². The van der Waals surface area contributed by atoms with Crippen LogP contribution in [0.1, 0.15) is 28.3 Å². The Morgan fingerprint density at radius 1 is 0.931 bits per heavy atom. The van der Waals surface area contributed by atoms with Gasteiger partial charge in [0.15, 0.2) is 0 Å². The number of anilines is 1. The van der Waals surface area contributed by atoms with E-state index in [4.69, 9.17) is 0 Å². The summed E-state index contributed by atoms with van der Waals surface area (Å²) in [6, 6.07) is 17.2. The average molecular weight is 384 g/mol. The first-order valence-electron chi connectivity index (χ1n) is 9.33. The predicted molar refractivity (Wildman–Crippen MR) is 111 cm³/mol. The highest BCUT2D eigenvalue weighted by Crippen LogP contribution is 2.43. The zero-order valence-corrected chi connectivity index (χ0v) is 16.2. The van der Waals surface area contributed by atoms with Crippen LogP contribution in [0, 0.1) is 13.8 Å². The lowest BCUT2D eigenvalue weighted by molar-refractivity contribution is -0.132. The molecule has 0 bridgehead atoms. The molecule has 2 aromatic carbocycles. The number of aliphatic hydroxyl groups excluding tert-OH is 1. The molecule has 5 nitrogen and oxygen atoms in total. The summed E-state index contributed by atoms with van der Waals surface area (Å²) in [5, 5.41) is 11.0. The molecule has 1 aliphatic rings. The number of ketones is 1. The molecule has 0 aliphatic carbocycles. The van der Waals surface area contributed by atoms with Crippen molar-refractivity contribution in [3.05, 3.63) is 101 Å². The van der Waals surface area contributed by atoms with Gasteiger partial charge in [-0.3, -0.25) is 19.5 Å². The monoisotopic (exact) mass is 384 g/mol. The van der Waals surface area contributed by atoms with E-state index in [1.807, 2.05) is 38.1 Å². The first-order chi connectivity index (χ1) is 14.0. The van der Waals surface area contributed by atoms with Crippen LogP contribution in [0.15, 0.2) is 78.6 Å². The number of hydrogen-bond acceptors (Lipinski definition) is 4. The Morgan fingerprint density at radius 3 is 2.31 bits per heavy atom. The molecule has 144 valence electrons. The molecule has 1 aromatic heterocycles. The maximum Gasteiger partial charge on any atom is 0.300 e. The molecular formula is C24H20N2O3. The Labute approximate surface area is 169 Å². The highest BCUT2D eigenvalue weighted by Gasteiger charge is 2.47. The van der Waals surface area contributed by atoms with Crippen molar-refractivity contribution in [2.75, 3.05) is 4.90 Å². The lowest BCUT2D eigenvalue weighted by Gasteiger charge is -2.27. The lowest BCUT2D eigenvalue weighted by Crippen LogP contribution is -2.30. The molecule has 2 heterocycles. The lowest BCUT2D eigenvalue weighted by atomic mass is 9.95. The molecule has 5 heteroatoms. The van der Waals surface area contributed by atoms with Crippen LogP contribution in [0.25, 0.3) is 5.76 Å². The highest BCUT2D eigenvalue weighted by molar-refractivity contribution is 6.51. The van der Waals surface area contributed by atoms with Gasteiger partial charge in [0.1, 0.15) is 5.76 Å². The number of carbonyl (C=O) groups is 2. The molecule has 1 aliphatic heterocycles. The normalized spacial score (nSPS) is 18.3. The third-order valence-electron chi connectivity index (χ3n) is 5.35. The summed E-state index contributed by atoms with van der Waals surface area (Å²) in [7, 11) is 0.